The van der Waals surface area contributed by atoms with Gasteiger partial charge >= 0.3 is 0 Å². The van der Waals surface area contributed by atoms with E-state index in [1.54, 1.807) is 11.8 Å². The van der Waals surface area contributed by atoms with Crippen LogP contribution in [0.2, 0.25) is 0 Å². The van der Waals surface area contributed by atoms with E-state index in [-0.39, 0.29) is 10.7 Å². The lowest BCUT2D eigenvalue weighted by Crippen LogP contribution is -2.24. The summed E-state index contributed by atoms with van der Waals surface area (Å²) in [5, 5.41) is 0.139. The molecule has 1 saturated carbocycles. The summed E-state index contributed by atoms with van der Waals surface area (Å²) >= 11 is 1.72. The van der Waals surface area contributed by atoms with Crippen LogP contribution in [0.4, 0.5) is 0 Å². The van der Waals surface area contributed by atoms with Crippen LogP contribution in [0.25, 0.3) is 0 Å². The molecule has 0 N–H and O–H groups in total. The number of carbonyl (C=O) groups is 1. The molecule has 1 atom stereocenters. The zero-order valence-electron chi connectivity index (χ0n) is 9.19. The maximum atomic E-state index is 11.8. The molecule has 1 fully saturated rings. The van der Waals surface area contributed by atoms with E-state index in [1.165, 1.54) is 4.90 Å². The van der Waals surface area contributed by atoms with E-state index in [0.29, 0.717) is 5.78 Å². The van der Waals surface area contributed by atoms with Crippen molar-refractivity contribution in [3.05, 3.63) is 30.3 Å². The summed E-state index contributed by atoms with van der Waals surface area (Å²) in [5.74, 6) is 0.411. The lowest BCUT2D eigenvalue weighted by Gasteiger charge is -2.24. The molecular weight excluding hydrogens is 204 g/mol. The van der Waals surface area contributed by atoms with Gasteiger partial charge in [-0.15, -0.1) is 11.8 Å². The van der Waals surface area contributed by atoms with Gasteiger partial charge in [0.15, 0.2) is 0 Å². The first-order chi connectivity index (χ1) is 7.09. The van der Waals surface area contributed by atoms with Crippen molar-refractivity contribution in [1.29, 1.82) is 0 Å². The fourth-order valence-electron chi connectivity index (χ4n) is 2.00. The summed E-state index contributed by atoms with van der Waals surface area (Å²) in [7, 11) is 0. The smallest absolute Gasteiger partial charge is 0.146 e. The maximum absolute atomic E-state index is 11.8. The van der Waals surface area contributed by atoms with Gasteiger partial charge in [0.2, 0.25) is 0 Å². The number of carbonyl (C=O) groups excluding carboxylic acids is 1. The molecule has 2 heteroatoms. The molecule has 1 unspecified atom stereocenters. The number of ketones is 1. The first-order valence-electron chi connectivity index (χ1n) is 5.34. The van der Waals surface area contributed by atoms with E-state index in [0.717, 1.165) is 12.8 Å². The Labute approximate surface area is 95.3 Å². The molecule has 0 spiro atoms. The zero-order chi connectivity index (χ0) is 10.9. The van der Waals surface area contributed by atoms with Crippen molar-refractivity contribution < 1.29 is 4.79 Å². The first-order valence-corrected chi connectivity index (χ1v) is 6.22. The number of hydrogen-bond acceptors (Lipinski definition) is 2. The molecule has 0 heterocycles. The number of thioether (sulfide) groups is 1. The Hall–Kier alpha value is -0.760. The SMILES string of the molecule is CC1(C)CCC(=O)C1Sc1ccccc1. The third-order valence-corrected chi connectivity index (χ3v) is 4.70. The molecule has 0 aromatic heterocycles. The largest absolute Gasteiger partial charge is 0.298 e. The highest BCUT2D eigenvalue weighted by Gasteiger charge is 2.41. The van der Waals surface area contributed by atoms with Crippen LogP contribution in [0, 0.1) is 5.41 Å². The minimum Gasteiger partial charge on any atom is -0.298 e. The minimum absolute atomic E-state index is 0.139. The number of rotatable bonds is 2. The van der Waals surface area contributed by atoms with Crippen molar-refractivity contribution in [1.82, 2.24) is 0 Å². The fraction of sp³-hybridized carbons (Fsp3) is 0.462. The minimum atomic E-state index is 0.139. The molecule has 1 aromatic rings. The van der Waals surface area contributed by atoms with Gasteiger partial charge in [0.25, 0.3) is 0 Å². The van der Waals surface area contributed by atoms with E-state index in [1.807, 2.05) is 18.2 Å². The molecule has 1 aromatic carbocycles. The van der Waals surface area contributed by atoms with E-state index >= 15 is 0 Å². The van der Waals surface area contributed by atoms with Crippen LogP contribution in [0.15, 0.2) is 35.2 Å². The molecule has 1 nitrogen and oxygen atoms in total. The van der Waals surface area contributed by atoms with Gasteiger partial charge in [-0.3, -0.25) is 4.79 Å². The molecule has 2 rings (SSSR count). The summed E-state index contributed by atoms with van der Waals surface area (Å²) < 4.78 is 0. The molecule has 0 bridgehead atoms. The second-order valence-corrected chi connectivity index (χ2v) is 5.94. The summed E-state index contributed by atoms with van der Waals surface area (Å²) in [6.45, 7) is 4.39. The van der Waals surface area contributed by atoms with Gasteiger partial charge in [0.1, 0.15) is 5.78 Å². The second-order valence-electron chi connectivity index (χ2n) is 4.77. The molecule has 0 amide bonds. The van der Waals surface area contributed by atoms with Gasteiger partial charge in [-0.2, -0.15) is 0 Å². The molecular formula is C13H16OS. The quantitative estimate of drug-likeness (QED) is 0.758. The summed E-state index contributed by atoms with van der Waals surface area (Å²) in [4.78, 5) is 13.0. The third kappa shape index (κ3) is 2.25. The number of benzene rings is 1. The van der Waals surface area contributed by atoms with Crippen LogP contribution in [-0.2, 0) is 4.79 Å². The Morgan fingerprint density at radius 3 is 2.47 bits per heavy atom. The third-order valence-electron chi connectivity index (χ3n) is 3.02. The second kappa shape index (κ2) is 4.01. The molecule has 80 valence electrons. The van der Waals surface area contributed by atoms with Gasteiger partial charge in [0, 0.05) is 11.3 Å². The Morgan fingerprint density at radius 2 is 1.93 bits per heavy atom. The Morgan fingerprint density at radius 1 is 1.27 bits per heavy atom. The monoisotopic (exact) mass is 220 g/mol. The highest BCUT2D eigenvalue weighted by Crippen LogP contribution is 2.44. The average molecular weight is 220 g/mol. The van der Waals surface area contributed by atoms with Crippen molar-refractivity contribution >= 4 is 17.5 Å². The number of Topliss-reactive ketones (excluding diaryl/α,β-unsaturated/α-hetero) is 1. The van der Waals surface area contributed by atoms with Gasteiger partial charge in [-0.25, -0.2) is 0 Å². The normalized spacial score (nSPS) is 24.4. The van der Waals surface area contributed by atoms with Crippen LogP contribution in [0.3, 0.4) is 0 Å². The fourth-order valence-corrected chi connectivity index (χ4v) is 3.28. The summed E-state index contributed by atoms with van der Waals surface area (Å²) in [6.07, 6.45) is 1.77. The standard InChI is InChI=1S/C13H16OS/c1-13(2)9-8-11(14)12(13)15-10-6-4-3-5-7-10/h3-7,12H,8-9H2,1-2H3. The van der Waals surface area contributed by atoms with E-state index < -0.39 is 0 Å². The van der Waals surface area contributed by atoms with Crippen molar-refractivity contribution in [3.63, 3.8) is 0 Å². The first kappa shape index (κ1) is 10.7. The van der Waals surface area contributed by atoms with Crippen LogP contribution in [-0.4, -0.2) is 11.0 Å². The van der Waals surface area contributed by atoms with Crippen LogP contribution in [0.1, 0.15) is 26.7 Å². The number of hydrogen-bond donors (Lipinski definition) is 0. The van der Waals surface area contributed by atoms with E-state index in [4.69, 9.17) is 0 Å². The molecule has 1 aliphatic carbocycles. The highest BCUT2D eigenvalue weighted by molar-refractivity contribution is 8.00. The van der Waals surface area contributed by atoms with E-state index in [2.05, 4.69) is 26.0 Å². The van der Waals surface area contributed by atoms with E-state index in [9.17, 15) is 4.79 Å². The van der Waals surface area contributed by atoms with Gasteiger partial charge in [0.05, 0.1) is 5.25 Å². The molecule has 1 aliphatic rings. The Kier molecular flexibility index (Phi) is 2.87. The molecule has 15 heavy (non-hydrogen) atoms. The predicted octanol–water partition coefficient (Wildman–Crippen LogP) is 3.54. The van der Waals surface area contributed by atoms with Gasteiger partial charge in [-0.1, -0.05) is 32.0 Å². The van der Waals surface area contributed by atoms with Crippen molar-refractivity contribution in [3.8, 4) is 0 Å². The van der Waals surface area contributed by atoms with Crippen LogP contribution >= 0.6 is 11.8 Å². The lowest BCUT2D eigenvalue weighted by atomic mass is 9.91. The highest BCUT2D eigenvalue weighted by atomic mass is 32.2. The summed E-state index contributed by atoms with van der Waals surface area (Å²) in [5.41, 5.74) is 0.150. The average Bonchev–Trinajstić information content (AvgIpc) is 2.47. The van der Waals surface area contributed by atoms with Crippen LogP contribution < -0.4 is 0 Å². The van der Waals surface area contributed by atoms with Crippen molar-refractivity contribution in [2.24, 2.45) is 5.41 Å². The van der Waals surface area contributed by atoms with Gasteiger partial charge in [-0.05, 0) is 24.0 Å². The van der Waals surface area contributed by atoms with Crippen LogP contribution in [0.5, 0.6) is 0 Å². The van der Waals surface area contributed by atoms with Gasteiger partial charge < -0.3 is 0 Å². The zero-order valence-corrected chi connectivity index (χ0v) is 10.0. The Balaban J connectivity index is 2.15. The van der Waals surface area contributed by atoms with Crippen molar-refractivity contribution in [2.45, 2.75) is 36.8 Å². The summed E-state index contributed by atoms with van der Waals surface area (Å²) in [6, 6.07) is 10.2. The predicted molar refractivity (Wildman–Crippen MR) is 64.1 cm³/mol. The maximum Gasteiger partial charge on any atom is 0.146 e. The van der Waals surface area contributed by atoms with Crippen molar-refractivity contribution in [2.75, 3.05) is 0 Å². The lowest BCUT2D eigenvalue weighted by molar-refractivity contribution is -0.117. The molecule has 0 saturated heterocycles. The topological polar surface area (TPSA) is 17.1 Å². The molecule has 0 radical (unpaired) electrons. The molecule has 0 aliphatic heterocycles. The Bertz CT molecular complexity index is 356.